The fourth-order valence-corrected chi connectivity index (χ4v) is 15.9. The maximum Gasteiger partial charge on any atom is 0.252 e. The first kappa shape index (κ1) is 58.1. The third-order valence-corrected chi connectivity index (χ3v) is 21.2. The molecule has 2 aromatic heterocycles. The highest BCUT2D eigenvalue weighted by atomic mass is 32.1. The van der Waals surface area contributed by atoms with Crippen molar-refractivity contribution in [1.29, 1.82) is 0 Å². The Labute approximate surface area is 538 Å². The number of hydrogen-bond acceptors (Lipinski definition) is 4. The van der Waals surface area contributed by atoms with Crippen LogP contribution in [0.25, 0.3) is 58.8 Å². The molecular weight excluding hydrogens is 1110 g/mol. The molecule has 0 atom stereocenters. The lowest BCUT2D eigenvalue weighted by atomic mass is 9.33. The topological polar surface area (TPSA) is 14.7 Å². The predicted octanol–water partition coefficient (Wildman–Crippen LogP) is 22.5. The third-order valence-electron chi connectivity index (χ3n) is 20.0. The largest absolute Gasteiger partial charge is 0.311 e. The van der Waals surface area contributed by atoms with E-state index in [9.17, 15) is 0 Å². The Kier molecular flexibility index (Phi) is 12.6. The maximum atomic E-state index is 2.74. The summed E-state index contributed by atoms with van der Waals surface area (Å²) < 4.78 is 5.31. The Morgan fingerprint density at radius 2 is 0.867 bits per heavy atom. The molecule has 3 aliphatic rings. The summed E-state index contributed by atoms with van der Waals surface area (Å²) in [4.78, 5) is 7.87. The average molecular weight is 1190 g/mol. The molecule has 0 radical (unpaired) electrons. The lowest BCUT2D eigenvalue weighted by Crippen LogP contribution is -2.62. The summed E-state index contributed by atoms with van der Waals surface area (Å²) >= 11 is 1.90. The summed E-state index contributed by atoms with van der Waals surface area (Å²) in [6.45, 7) is 42.3. The van der Waals surface area contributed by atoms with Crippen LogP contribution in [0.4, 0.5) is 51.2 Å². The zero-order valence-electron chi connectivity index (χ0n) is 56.2. The minimum absolute atomic E-state index is 0.00832. The van der Waals surface area contributed by atoms with Crippen molar-refractivity contribution in [1.82, 2.24) is 4.57 Å². The molecule has 4 nitrogen and oxygen atoms in total. The zero-order chi connectivity index (χ0) is 63.3. The number of aromatic nitrogens is 1. The molecule has 5 heterocycles. The number of rotatable bonds is 5. The van der Waals surface area contributed by atoms with Gasteiger partial charge in [-0.2, -0.15) is 0 Å². The number of benzene rings is 10. The minimum atomic E-state index is -0.202. The van der Waals surface area contributed by atoms with Crippen molar-refractivity contribution in [2.45, 2.75) is 157 Å². The summed E-state index contributed by atoms with van der Waals surface area (Å²) in [5.74, 6) is 0. The molecule has 0 aliphatic carbocycles. The van der Waals surface area contributed by atoms with E-state index in [2.05, 4.69) is 332 Å². The van der Waals surface area contributed by atoms with Gasteiger partial charge in [-0.3, -0.25) is 0 Å². The SMILES string of the molecule is CC(C)(C)c1ccc(N(c2ccc(C(C)(C)C)cc2)c2ccc3c(c2)N(c2ccc(-c4cccc5c4sc4ccccc45)cc2)c2cc(C(C)(C)C)cc4c2B3c2cc(C(C)(C)C)cc3c2N4c2cc(C(C)(C)C)cc4c5cc(C(C)(C)C)ccc5n-3c24)cc1. The Balaban J connectivity index is 1.05. The molecule has 0 spiro atoms. The molecule has 12 aromatic rings. The van der Waals surface area contributed by atoms with E-state index < -0.39 is 0 Å². The number of fused-ring (bicyclic) bond motifs is 12. The van der Waals surface area contributed by atoms with Crippen LogP contribution in [0, 0.1) is 0 Å². The van der Waals surface area contributed by atoms with Crippen LogP contribution >= 0.6 is 11.3 Å². The average Bonchev–Trinajstić information content (AvgIpc) is 1.17. The molecule has 450 valence electrons. The van der Waals surface area contributed by atoms with Crippen molar-refractivity contribution in [3.63, 3.8) is 0 Å². The molecule has 0 saturated heterocycles. The molecule has 0 saturated carbocycles. The van der Waals surface area contributed by atoms with Crippen molar-refractivity contribution in [2.75, 3.05) is 14.7 Å². The molecule has 15 rings (SSSR count). The number of thiophene rings is 1. The van der Waals surface area contributed by atoms with Crippen molar-refractivity contribution in [3.05, 3.63) is 221 Å². The molecule has 6 heteroatoms. The Bertz CT molecular complexity index is 4880. The second-order valence-electron chi connectivity index (χ2n) is 32.4. The molecule has 10 aromatic carbocycles. The fourth-order valence-electron chi connectivity index (χ4n) is 14.7. The first-order valence-electron chi connectivity index (χ1n) is 32.7. The van der Waals surface area contributed by atoms with Gasteiger partial charge < -0.3 is 19.3 Å². The van der Waals surface area contributed by atoms with Gasteiger partial charge in [0.25, 0.3) is 6.71 Å². The Morgan fingerprint density at radius 3 is 1.48 bits per heavy atom. The molecular formula is C84H85BN4S. The van der Waals surface area contributed by atoms with E-state index in [1.165, 1.54) is 137 Å². The smallest absolute Gasteiger partial charge is 0.252 e. The zero-order valence-corrected chi connectivity index (χ0v) is 57.0. The second-order valence-corrected chi connectivity index (χ2v) is 33.5. The lowest BCUT2D eigenvalue weighted by molar-refractivity contribution is 0.589. The Morgan fingerprint density at radius 1 is 0.356 bits per heavy atom. The lowest BCUT2D eigenvalue weighted by Gasteiger charge is -2.47. The van der Waals surface area contributed by atoms with Gasteiger partial charge in [0.2, 0.25) is 0 Å². The Hall–Kier alpha value is -8.32. The van der Waals surface area contributed by atoms with E-state index in [0.29, 0.717) is 0 Å². The van der Waals surface area contributed by atoms with E-state index in [4.69, 9.17) is 0 Å². The van der Waals surface area contributed by atoms with Crippen molar-refractivity contribution < 1.29 is 0 Å². The monoisotopic (exact) mass is 1190 g/mol. The third kappa shape index (κ3) is 9.11. The summed E-state index contributed by atoms with van der Waals surface area (Å²) in [6, 6.07) is 74.0. The summed E-state index contributed by atoms with van der Waals surface area (Å²) in [5, 5.41) is 5.25. The van der Waals surface area contributed by atoms with Gasteiger partial charge in [0.1, 0.15) is 0 Å². The van der Waals surface area contributed by atoms with Crippen LogP contribution in [0.15, 0.2) is 188 Å². The van der Waals surface area contributed by atoms with Gasteiger partial charge in [0.05, 0.1) is 28.1 Å². The maximum absolute atomic E-state index is 2.74. The summed E-state index contributed by atoms with van der Waals surface area (Å²) in [7, 11) is 0. The van der Waals surface area contributed by atoms with E-state index >= 15 is 0 Å². The first-order chi connectivity index (χ1) is 42.4. The highest BCUT2D eigenvalue weighted by molar-refractivity contribution is 7.26. The van der Waals surface area contributed by atoms with Gasteiger partial charge in [0, 0.05) is 70.8 Å². The number of anilines is 9. The van der Waals surface area contributed by atoms with Crippen molar-refractivity contribution >= 4 is 128 Å². The van der Waals surface area contributed by atoms with E-state index in [-0.39, 0.29) is 39.2 Å². The molecule has 0 bridgehead atoms. The quantitative estimate of drug-likeness (QED) is 0.160. The van der Waals surface area contributed by atoms with Crippen LogP contribution in [-0.4, -0.2) is 11.3 Å². The molecule has 3 aliphatic heterocycles. The van der Waals surface area contributed by atoms with Gasteiger partial charge in [-0.15, -0.1) is 11.3 Å². The van der Waals surface area contributed by atoms with E-state index in [1.807, 2.05) is 11.3 Å². The standard InChI is InChI=1S/C84H85BN4S/c1-79(2,3)51-28-35-57(36-29-51)86(58-37-30-52(31-38-58)80(4,5)6)60-39-40-66-69(49-60)87(59-33-26-50(27-34-59)61-23-21-24-63-62-22-19-20-25-74(62)90-78(61)63)70-45-56(84(16,17)18)46-71-75(70)85(66)67-44-55(83(13,14)15)48-73-77(67)89(71)72-47-54(82(10,11)12)43-65-64-42-53(81(7,8)9)32-41-68(64)88(73)76(65)72/h19-49H,1-18H3. The minimum Gasteiger partial charge on any atom is -0.311 e. The first-order valence-corrected chi connectivity index (χ1v) is 33.5. The number of nitrogens with zero attached hydrogens (tertiary/aromatic N) is 4. The molecule has 0 N–H and O–H groups in total. The van der Waals surface area contributed by atoms with Crippen LogP contribution in [0.3, 0.4) is 0 Å². The van der Waals surface area contributed by atoms with Gasteiger partial charge in [0.15, 0.2) is 0 Å². The van der Waals surface area contributed by atoms with E-state index in [0.717, 1.165) is 22.7 Å². The predicted molar refractivity (Wildman–Crippen MR) is 394 cm³/mol. The van der Waals surface area contributed by atoms with Gasteiger partial charge >= 0.3 is 0 Å². The molecule has 90 heavy (non-hydrogen) atoms. The highest BCUT2D eigenvalue weighted by Crippen LogP contribution is 2.56. The molecule has 0 fully saturated rings. The summed E-state index contributed by atoms with van der Waals surface area (Å²) in [5.41, 5.74) is 28.3. The highest BCUT2D eigenvalue weighted by Gasteiger charge is 2.48. The van der Waals surface area contributed by atoms with Crippen LogP contribution in [0.5, 0.6) is 0 Å². The van der Waals surface area contributed by atoms with Crippen LogP contribution < -0.4 is 31.1 Å². The fraction of sp³-hybridized carbons (Fsp3) is 0.286. The van der Waals surface area contributed by atoms with E-state index in [1.54, 1.807) is 0 Å². The van der Waals surface area contributed by atoms with Crippen LogP contribution in [0.2, 0.25) is 0 Å². The number of hydrogen-bond donors (Lipinski definition) is 0. The van der Waals surface area contributed by atoms with Gasteiger partial charge in [-0.1, -0.05) is 216 Å². The van der Waals surface area contributed by atoms with Gasteiger partial charge in [-0.05, 0) is 190 Å². The molecule has 0 amide bonds. The normalized spacial score (nSPS) is 14.0. The van der Waals surface area contributed by atoms with Crippen molar-refractivity contribution in [3.8, 4) is 16.8 Å². The van der Waals surface area contributed by atoms with Crippen LogP contribution in [-0.2, 0) is 32.5 Å². The van der Waals surface area contributed by atoms with Gasteiger partial charge in [-0.25, -0.2) is 0 Å². The van der Waals surface area contributed by atoms with Crippen molar-refractivity contribution in [2.24, 2.45) is 0 Å². The second kappa shape index (κ2) is 19.6. The summed E-state index contributed by atoms with van der Waals surface area (Å²) in [6.07, 6.45) is 0. The van der Waals surface area contributed by atoms with Crippen LogP contribution in [0.1, 0.15) is 158 Å². The molecule has 0 unspecified atom stereocenters.